The number of rotatable bonds is 6. The summed E-state index contributed by atoms with van der Waals surface area (Å²) in [5, 5.41) is 10.9. The second kappa shape index (κ2) is 11.8. The Kier molecular flexibility index (Phi) is 9.12. The summed E-state index contributed by atoms with van der Waals surface area (Å²) in [6.07, 6.45) is 2.22. The van der Waals surface area contributed by atoms with Crippen molar-refractivity contribution in [3.63, 3.8) is 0 Å². The van der Waals surface area contributed by atoms with Gasteiger partial charge in [0, 0.05) is 7.05 Å². The molecule has 7 nitrogen and oxygen atoms in total. The molecule has 0 saturated carbocycles. The molecule has 1 heterocycles. The number of hydrogen-bond donors (Lipinski definition) is 3. The fourth-order valence-electron chi connectivity index (χ4n) is 2.41. The zero-order valence-corrected chi connectivity index (χ0v) is 18.5. The number of nitrogens with zero attached hydrogens (tertiary/aromatic N) is 1. The van der Waals surface area contributed by atoms with E-state index in [0.717, 1.165) is 11.3 Å². The lowest BCUT2D eigenvalue weighted by Crippen LogP contribution is -2.08. The van der Waals surface area contributed by atoms with Crippen LogP contribution in [-0.4, -0.2) is 31.3 Å². The average Bonchev–Trinajstić information content (AvgIpc) is 2.80. The number of carbonyl (C=O) groups is 1. The highest BCUT2D eigenvalue weighted by Crippen LogP contribution is 2.32. The fourth-order valence-corrected chi connectivity index (χ4v) is 2.92. The smallest absolute Gasteiger partial charge is 0.216 e. The van der Waals surface area contributed by atoms with Crippen molar-refractivity contribution >= 4 is 46.9 Å². The summed E-state index contributed by atoms with van der Waals surface area (Å²) in [4.78, 5) is 14.8. The molecular weight excluding hydrogens is 439 g/mol. The van der Waals surface area contributed by atoms with Crippen molar-refractivity contribution in [3.8, 4) is 5.75 Å². The number of hydrogen-bond acceptors (Lipinski definition) is 7. The summed E-state index contributed by atoms with van der Waals surface area (Å²) >= 11 is 11.9. The van der Waals surface area contributed by atoms with Gasteiger partial charge >= 0.3 is 0 Å². The zero-order chi connectivity index (χ0) is 22.8. The third kappa shape index (κ3) is 6.60. The summed E-state index contributed by atoms with van der Waals surface area (Å²) < 4.78 is 10.3. The largest absolute Gasteiger partial charge is 0.487 e. The van der Waals surface area contributed by atoms with Gasteiger partial charge in [0.25, 0.3) is 0 Å². The Morgan fingerprint density at radius 2 is 1.94 bits per heavy atom. The Morgan fingerprint density at radius 3 is 2.55 bits per heavy atom. The van der Waals surface area contributed by atoms with Crippen LogP contribution in [0.4, 0.5) is 11.5 Å². The standard InChI is InChI=1S/C14H10Cl2O2.C8H12N4O/c15-12-6-7-13(14(16)11(12)8-17)18-9-10-4-2-1-3-5-10;1-11-5-3-6(8(10)13-2)7(9)12-4-5/h1-8H,9H2;3-4,10-11H,1-2H3,(H2,9,12). The van der Waals surface area contributed by atoms with Crippen molar-refractivity contribution in [3.05, 3.63) is 81.5 Å². The highest BCUT2D eigenvalue weighted by molar-refractivity contribution is 6.39. The van der Waals surface area contributed by atoms with Crippen LogP contribution in [0.25, 0.3) is 0 Å². The monoisotopic (exact) mass is 460 g/mol. The lowest BCUT2D eigenvalue weighted by Gasteiger charge is -2.10. The van der Waals surface area contributed by atoms with Crippen LogP contribution in [0, 0.1) is 5.41 Å². The Morgan fingerprint density at radius 1 is 1.23 bits per heavy atom. The summed E-state index contributed by atoms with van der Waals surface area (Å²) in [6, 6.07) is 14.7. The molecule has 3 rings (SSSR count). The van der Waals surface area contributed by atoms with Gasteiger partial charge in [-0.15, -0.1) is 0 Å². The van der Waals surface area contributed by atoms with Crippen molar-refractivity contribution in [1.29, 1.82) is 5.41 Å². The van der Waals surface area contributed by atoms with E-state index in [-0.39, 0.29) is 16.5 Å². The minimum atomic E-state index is 0.0158. The highest BCUT2D eigenvalue weighted by Gasteiger charge is 2.11. The van der Waals surface area contributed by atoms with Gasteiger partial charge in [-0.3, -0.25) is 10.2 Å². The lowest BCUT2D eigenvalue weighted by atomic mass is 10.2. The third-order valence-electron chi connectivity index (χ3n) is 4.10. The topological polar surface area (TPSA) is 110 Å². The molecule has 0 atom stereocenters. The molecule has 0 aliphatic heterocycles. The van der Waals surface area contributed by atoms with Crippen LogP contribution >= 0.6 is 23.2 Å². The van der Waals surface area contributed by atoms with Gasteiger partial charge in [-0.2, -0.15) is 0 Å². The van der Waals surface area contributed by atoms with Crippen LogP contribution in [0.1, 0.15) is 21.5 Å². The average molecular weight is 461 g/mol. The molecule has 3 aromatic rings. The van der Waals surface area contributed by atoms with E-state index in [9.17, 15) is 4.79 Å². The van der Waals surface area contributed by atoms with E-state index in [1.54, 1.807) is 31.4 Å². The maximum Gasteiger partial charge on any atom is 0.216 e. The second-order valence-electron chi connectivity index (χ2n) is 6.11. The molecule has 0 spiro atoms. The number of halogens is 2. The summed E-state index contributed by atoms with van der Waals surface area (Å²) in [7, 11) is 3.20. The van der Waals surface area contributed by atoms with Crippen molar-refractivity contribution < 1.29 is 14.3 Å². The first kappa shape index (κ1) is 24.0. The van der Waals surface area contributed by atoms with Crippen molar-refractivity contribution in [2.24, 2.45) is 0 Å². The van der Waals surface area contributed by atoms with E-state index in [1.807, 2.05) is 30.3 Å². The molecule has 0 aliphatic carbocycles. The quantitative estimate of drug-likeness (QED) is 0.269. The number of pyridine rings is 1. The zero-order valence-electron chi connectivity index (χ0n) is 17.0. The minimum Gasteiger partial charge on any atom is -0.487 e. The van der Waals surface area contributed by atoms with Gasteiger partial charge in [-0.05, 0) is 23.8 Å². The predicted octanol–water partition coefficient (Wildman–Crippen LogP) is 5.06. The maximum absolute atomic E-state index is 10.9. The fraction of sp³-hybridized carbons (Fsp3) is 0.136. The van der Waals surface area contributed by atoms with Crippen LogP contribution in [0.3, 0.4) is 0 Å². The van der Waals surface area contributed by atoms with Gasteiger partial charge in [0.1, 0.15) is 18.2 Å². The molecule has 0 amide bonds. The van der Waals surface area contributed by atoms with Gasteiger partial charge in [-0.25, -0.2) is 4.98 Å². The van der Waals surface area contributed by atoms with Gasteiger partial charge in [0.15, 0.2) is 6.29 Å². The Labute approximate surface area is 190 Å². The van der Waals surface area contributed by atoms with E-state index in [4.69, 9.17) is 43.8 Å². The Bertz CT molecular complexity index is 1050. The molecule has 0 saturated heterocycles. The number of methoxy groups -OCH3 is 1. The number of nitrogens with two attached hydrogens (primary N) is 1. The third-order valence-corrected chi connectivity index (χ3v) is 4.82. The van der Waals surface area contributed by atoms with E-state index < -0.39 is 0 Å². The van der Waals surface area contributed by atoms with Crippen LogP contribution in [-0.2, 0) is 11.3 Å². The van der Waals surface area contributed by atoms with Gasteiger partial charge in [0.05, 0.1) is 40.2 Å². The summed E-state index contributed by atoms with van der Waals surface area (Å²) in [5.41, 5.74) is 8.13. The number of aromatic nitrogens is 1. The van der Waals surface area contributed by atoms with Crippen LogP contribution in [0.5, 0.6) is 5.75 Å². The van der Waals surface area contributed by atoms with Gasteiger partial charge < -0.3 is 20.5 Å². The first-order valence-electron chi connectivity index (χ1n) is 9.07. The highest BCUT2D eigenvalue weighted by atomic mass is 35.5. The predicted molar refractivity (Wildman–Crippen MR) is 125 cm³/mol. The summed E-state index contributed by atoms with van der Waals surface area (Å²) in [5.74, 6) is 0.764. The van der Waals surface area contributed by atoms with Gasteiger partial charge in [-0.1, -0.05) is 53.5 Å². The van der Waals surface area contributed by atoms with E-state index in [1.165, 1.54) is 7.11 Å². The Balaban J connectivity index is 0.000000233. The number of benzene rings is 2. The number of aldehydes is 1. The molecule has 4 N–H and O–H groups in total. The van der Waals surface area contributed by atoms with Crippen molar-refractivity contribution in [2.45, 2.75) is 6.61 Å². The number of ether oxygens (including phenoxy) is 2. The van der Waals surface area contributed by atoms with Crippen LogP contribution in [0.15, 0.2) is 54.7 Å². The van der Waals surface area contributed by atoms with Crippen LogP contribution < -0.4 is 15.8 Å². The number of nitrogen functional groups attached to an aromatic ring is 1. The van der Waals surface area contributed by atoms with E-state index in [0.29, 0.717) is 35.0 Å². The number of carbonyl (C=O) groups excluding carboxylic acids is 1. The molecule has 0 bridgehead atoms. The molecule has 0 unspecified atom stereocenters. The maximum atomic E-state index is 10.9. The first-order valence-corrected chi connectivity index (χ1v) is 9.82. The first-order chi connectivity index (χ1) is 14.9. The Hall–Kier alpha value is -3.29. The molecule has 2 aromatic carbocycles. The van der Waals surface area contributed by atoms with E-state index >= 15 is 0 Å². The van der Waals surface area contributed by atoms with Gasteiger partial charge in [0.2, 0.25) is 5.90 Å². The molecule has 31 heavy (non-hydrogen) atoms. The normalized spacial score (nSPS) is 9.81. The molecule has 162 valence electrons. The summed E-state index contributed by atoms with van der Waals surface area (Å²) in [6.45, 7) is 0.389. The minimum absolute atomic E-state index is 0.0158. The molecular formula is C22H22Cl2N4O3. The molecule has 0 aliphatic rings. The lowest BCUT2D eigenvalue weighted by molar-refractivity contribution is 0.112. The number of nitrogens with one attached hydrogen (secondary N) is 2. The molecule has 0 fully saturated rings. The molecule has 0 radical (unpaired) electrons. The number of anilines is 2. The van der Waals surface area contributed by atoms with E-state index in [2.05, 4.69) is 10.3 Å². The van der Waals surface area contributed by atoms with Crippen molar-refractivity contribution in [1.82, 2.24) is 4.98 Å². The molecule has 9 heteroatoms. The van der Waals surface area contributed by atoms with Crippen LogP contribution in [0.2, 0.25) is 10.0 Å². The molecule has 1 aromatic heterocycles. The van der Waals surface area contributed by atoms with Crippen molar-refractivity contribution in [2.75, 3.05) is 25.2 Å². The second-order valence-corrected chi connectivity index (χ2v) is 6.89. The SMILES string of the molecule is CNc1cnc(N)c(C(=N)OC)c1.O=Cc1c(Cl)ccc(OCc2ccccc2)c1Cl.